The van der Waals surface area contributed by atoms with Gasteiger partial charge in [-0.2, -0.15) is 0 Å². The van der Waals surface area contributed by atoms with E-state index in [0.717, 1.165) is 0 Å². The Morgan fingerprint density at radius 1 is 1.45 bits per heavy atom. The van der Waals surface area contributed by atoms with Crippen molar-refractivity contribution in [2.45, 2.75) is 18.4 Å². The van der Waals surface area contributed by atoms with E-state index in [1.165, 1.54) is 0 Å². The highest BCUT2D eigenvalue weighted by Crippen LogP contribution is 2.30. The Bertz CT molecular complexity index is 561. The lowest BCUT2D eigenvalue weighted by Crippen LogP contribution is -2.48. The van der Waals surface area contributed by atoms with Crippen molar-refractivity contribution in [1.29, 1.82) is 0 Å². The zero-order valence-corrected chi connectivity index (χ0v) is 11.9. The van der Waals surface area contributed by atoms with Crippen LogP contribution in [0.5, 0.6) is 0 Å². The molecule has 1 aromatic heterocycles. The summed E-state index contributed by atoms with van der Waals surface area (Å²) >= 11 is 5.91. The molecule has 0 aromatic carbocycles. The fourth-order valence-corrected chi connectivity index (χ4v) is 3.05. The van der Waals surface area contributed by atoms with Crippen molar-refractivity contribution in [2.24, 2.45) is 7.05 Å². The third kappa shape index (κ3) is 2.24. The number of ether oxygens (including phenoxy) is 1. The molecule has 0 saturated carbocycles. The summed E-state index contributed by atoms with van der Waals surface area (Å²) in [5.74, 6) is -0.0356. The van der Waals surface area contributed by atoms with Crippen molar-refractivity contribution in [3.8, 4) is 0 Å². The molecule has 20 heavy (non-hydrogen) atoms. The third-order valence-electron chi connectivity index (χ3n) is 4.02. The Labute approximate surface area is 121 Å². The van der Waals surface area contributed by atoms with Crippen molar-refractivity contribution in [3.05, 3.63) is 23.0 Å². The van der Waals surface area contributed by atoms with E-state index in [1.54, 1.807) is 28.8 Å². The number of nitrogens with zero attached hydrogens (tertiary/aromatic N) is 2. The smallest absolute Gasteiger partial charge is 0.407 e. The van der Waals surface area contributed by atoms with Crippen LogP contribution in [0.3, 0.4) is 0 Å². The van der Waals surface area contributed by atoms with Crippen LogP contribution in [0.1, 0.15) is 23.3 Å². The van der Waals surface area contributed by atoms with E-state index in [2.05, 4.69) is 5.32 Å². The number of halogens is 1. The second-order valence-corrected chi connectivity index (χ2v) is 5.81. The number of carbonyl (C=O) groups excluding carboxylic acids is 2. The number of alkyl carbamates (subject to hydrolysis) is 1. The fraction of sp³-hybridized carbons (Fsp3) is 0.538. The second kappa shape index (κ2) is 4.70. The van der Waals surface area contributed by atoms with Gasteiger partial charge in [-0.05, 0) is 6.07 Å². The third-order valence-corrected chi connectivity index (χ3v) is 4.22. The van der Waals surface area contributed by atoms with Crippen LogP contribution in [0.25, 0.3) is 0 Å². The quantitative estimate of drug-likeness (QED) is 0.852. The summed E-state index contributed by atoms with van der Waals surface area (Å²) in [4.78, 5) is 25.4. The van der Waals surface area contributed by atoms with Crippen molar-refractivity contribution < 1.29 is 14.3 Å². The van der Waals surface area contributed by atoms with Crippen LogP contribution in [0.2, 0.25) is 5.02 Å². The molecule has 1 spiro atoms. The monoisotopic (exact) mass is 297 g/mol. The zero-order valence-electron chi connectivity index (χ0n) is 11.2. The highest BCUT2D eigenvalue weighted by Gasteiger charge is 2.43. The average Bonchev–Trinajstić information content (AvgIpc) is 2.93. The van der Waals surface area contributed by atoms with E-state index >= 15 is 0 Å². The summed E-state index contributed by atoms with van der Waals surface area (Å²) < 4.78 is 7.07. The summed E-state index contributed by atoms with van der Waals surface area (Å²) in [5, 5.41) is 3.24. The first-order valence-electron chi connectivity index (χ1n) is 6.57. The van der Waals surface area contributed by atoms with Gasteiger partial charge in [0.05, 0.1) is 11.6 Å². The number of likely N-dealkylation sites (tertiary alicyclic amines) is 1. The van der Waals surface area contributed by atoms with E-state index in [4.69, 9.17) is 16.3 Å². The number of rotatable bonds is 1. The fourth-order valence-electron chi connectivity index (χ4n) is 2.80. The predicted octanol–water partition coefficient (Wildman–Crippen LogP) is 1.39. The molecule has 2 amide bonds. The molecule has 2 aliphatic heterocycles. The minimum atomic E-state index is -0.431. The lowest BCUT2D eigenvalue weighted by atomic mass is 9.91. The van der Waals surface area contributed by atoms with E-state index < -0.39 is 5.60 Å². The molecule has 108 valence electrons. The van der Waals surface area contributed by atoms with Crippen LogP contribution >= 0.6 is 11.6 Å². The first-order valence-corrected chi connectivity index (χ1v) is 6.95. The molecular formula is C13H16ClN3O3. The van der Waals surface area contributed by atoms with E-state index in [0.29, 0.717) is 43.2 Å². The van der Waals surface area contributed by atoms with Crippen molar-refractivity contribution >= 4 is 23.6 Å². The minimum Gasteiger partial charge on any atom is -0.441 e. The lowest BCUT2D eigenvalue weighted by Gasteiger charge is -2.37. The molecule has 3 heterocycles. The van der Waals surface area contributed by atoms with Gasteiger partial charge in [-0.15, -0.1) is 0 Å². The number of aromatic nitrogens is 1. The molecule has 0 unspecified atom stereocenters. The zero-order chi connectivity index (χ0) is 14.3. The van der Waals surface area contributed by atoms with E-state index in [9.17, 15) is 9.59 Å². The molecule has 2 saturated heterocycles. The van der Waals surface area contributed by atoms with Crippen LogP contribution in [0, 0.1) is 0 Å². The molecule has 6 nitrogen and oxygen atoms in total. The number of nitrogens with one attached hydrogen (secondary N) is 1. The Hall–Kier alpha value is -1.69. The van der Waals surface area contributed by atoms with Gasteiger partial charge in [-0.3, -0.25) is 4.79 Å². The molecule has 1 aromatic rings. The highest BCUT2D eigenvalue weighted by molar-refractivity contribution is 6.31. The van der Waals surface area contributed by atoms with E-state index in [-0.39, 0.29) is 12.0 Å². The van der Waals surface area contributed by atoms with Crippen LogP contribution in [0.15, 0.2) is 12.3 Å². The maximum absolute atomic E-state index is 12.4. The highest BCUT2D eigenvalue weighted by atomic mass is 35.5. The van der Waals surface area contributed by atoms with Gasteiger partial charge in [0.2, 0.25) is 0 Å². The lowest BCUT2D eigenvalue weighted by molar-refractivity contribution is 0.00305. The second-order valence-electron chi connectivity index (χ2n) is 5.37. The maximum Gasteiger partial charge on any atom is 0.407 e. The summed E-state index contributed by atoms with van der Waals surface area (Å²) in [6.45, 7) is 1.69. The first kappa shape index (κ1) is 13.3. The molecule has 2 aliphatic rings. The summed E-state index contributed by atoms with van der Waals surface area (Å²) in [7, 11) is 1.80. The Balaban J connectivity index is 1.68. The normalized spacial score (nSPS) is 20.9. The van der Waals surface area contributed by atoms with Gasteiger partial charge < -0.3 is 19.5 Å². The van der Waals surface area contributed by atoms with Gasteiger partial charge >= 0.3 is 6.09 Å². The van der Waals surface area contributed by atoms with Crippen LogP contribution in [0.4, 0.5) is 4.79 Å². The van der Waals surface area contributed by atoms with Crippen LogP contribution in [-0.2, 0) is 11.8 Å². The number of aryl methyl sites for hydroxylation is 1. The molecule has 1 N–H and O–H groups in total. The number of hydrogen-bond acceptors (Lipinski definition) is 3. The average molecular weight is 298 g/mol. The van der Waals surface area contributed by atoms with Gasteiger partial charge in [0.25, 0.3) is 5.91 Å². The Morgan fingerprint density at radius 2 is 2.15 bits per heavy atom. The summed E-state index contributed by atoms with van der Waals surface area (Å²) in [6, 6.07) is 1.67. The molecule has 0 aliphatic carbocycles. The minimum absolute atomic E-state index is 0.0356. The van der Waals surface area contributed by atoms with Gasteiger partial charge in [-0.1, -0.05) is 11.6 Å². The predicted molar refractivity (Wildman–Crippen MR) is 72.8 cm³/mol. The molecule has 3 rings (SSSR count). The molecule has 0 bridgehead atoms. The van der Waals surface area contributed by atoms with Crippen LogP contribution in [-0.4, -0.2) is 46.7 Å². The largest absolute Gasteiger partial charge is 0.441 e. The summed E-state index contributed by atoms with van der Waals surface area (Å²) in [6.07, 6.45) is 2.67. The van der Waals surface area contributed by atoms with Crippen molar-refractivity contribution in [1.82, 2.24) is 14.8 Å². The maximum atomic E-state index is 12.4. The number of carbonyl (C=O) groups is 2. The molecule has 0 atom stereocenters. The first-order chi connectivity index (χ1) is 9.49. The van der Waals surface area contributed by atoms with Gasteiger partial charge in [-0.25, -0.2) is 4.79 Å². The number of hydrogen-bond donors (Lipinski definition) is 1. The SMILES string of the molecule is Cn1cc(Cl)cc1C(=O)N1CCC2(CC1)CNC(=O)O2. The summed E-state index contributed by atoms with van der Waals surface area (Å²) in [5.41, 5.74) is 0.146. The van der Waals surface area contributed by atoms with Gasteiger partial charge in [0, 0.05) is 39.2 Å². The van der Waals surface area contributed by atoms with Gasteiger partial charge in [0.15, 0.2) is 0 Å². The van der Waals surface area contributed by atoms with Gasteiger partial charge in [0.1, 0.15) is 11.3 Å². The topological polar surface area (TPSA) is 63.6 Å². The Kier molecular flexibility index (Phi) is 3.12. The Morgan fingerprint density at radius 3 is 2.65 bits per heavy atom. The number of amides is 2. The molecular weight excluding hydrogens is 282 g/mol. The standard InChI is InChI=1S/C13H16ClN3O3/c1-16-7-9(14)6-10(16)11(18)17-4-2-13(3-5-17)8-15-12(19)20-13/h6-7H,2-5,8H2,1H3,(H,15,19). The number of piperidine rings is 1. The molecule has 0 radical (unpaired) electrons. The van der Waals surface area contributed by atoms with Crippen molar-refractivity contribution in [2.75, 3.05) is 19.6 Å². The van der Waals surface area contributed by atoms with E-state index in [1.807, 2.05) is 0 Å². The molecule has 2 fully saturated rings. The van der Waals surface area contributed by atoms with Crippen molar-refractivity contribution in [3.63, 3.8) is 0 Å². The van der Waals surface area contributed by atoms with Crippen LogP contribution < -0.4 is 5.32 Å². The molecule has 7 heteroatoms.